The van der Waals surface area contributed by atoms with Gasteiger partial charge in [-0.2, -0.15) is 0 Å². The minimum atomic E-state index is 0.157. The Morgan fingerprint density at radius 1 is 1.04 bits per heavy atom. The lowest BCUT2D eigenvalue weighted by Crippen LogP contribution is -2.23. The van der Waals surface area contributed by atoms with Crippen LogP contribution in [0.3, 0.4) is 0 Å². The first-order chi connectivity index (χ1) is 11.3. The van der Waals surface area contributed by atoms with E-state index in [0.29, 0.717) is 18.9 Å². The second kappa shape index (κ2) is 7.93. The van der Waals surface area contributed by atoms with Gasteiger partial charge in [0.25, 0.3) is 0 Å². The molecule has 0 spiro atoms. The second-order valence-electron chi connectivity index (χ2n) is 6.24. The zero-order valence-corrected chi connectivity index (χ0v) is 13.4. The van der Waals surface area contributed by atoms with E-state index in [-0.39, 0.29) is 5.91 Å². The van der Waals surface area contributed by atoms with Crippen LogP contribution in [0.25, 0.3) is 11.1 Å². The maximum Gasteiger partial charge on any atom is 0.220 e. The number of carbonyl (C=O) groups excluding carboxylic acids is 1. The molecular weight excluding hydrogens is 284 g/mol. The topological polar surface area (TPSA) is 41.1 Å². The van der Waals surface area contributed by atoms with E-state index in [0.717, 1.165) is 25.1 Å². The van der Waals surface area contributed by atoms with Gasteiger partial charge in [-0.05, 0) is 48.5 Å². The second-order valence-corrected chi connectivity index (χ2v) is 6.24. The highest BCUT2D eigenvalue weighted by Gasteiger charge is 2.15. The molecule has 1 amide bonds. The summed E-state index contributed by atoms with van der Waals surface area (Å²) in [6.45, 7) is 2.77. The van der Waals surface area contributed by atoms with Crippen LogP contribution in [-0.2, 0) is 11.3 Å². The molecule has 1 saturated heterocycles. The summed E-state index contributed by atoms with van der Waals surface area (Å²) in [7, 11) is 0. The van der Waals surface area contributed by atoms with Crippen LogP contribution in [-0.4, -0.2) is 19.0 Å². The molecule has 1 fully saturated rings. The van der Waals surface area contributed by atoms with Crippen molar-refractivity contribution in [3.8, 4) is 11.1 Å². The highest BCUT2D eigenvalue weighted by atomic mass is 16.1. The van der Waals surface area contributed by atoms with E-state index in [4.69, 9.17) is 0 Å². The normalized spacial score (nSPS) is 17.1. The fourth-order valence-corrected chi connectivity index (χ4v) is 3.03. The highest BCUT2D eigenvalue weighted by molar-refractivity contribution is 5.75. The van der Waals surface area contributed by atoms with Gasteiger partial charge in [0, 0.05) is 13.0 Å². The minimum absolute atomic E-state index is 0.157. The van der Waals surface area contributed by atoms with Crippen LogP contribution in [0.5, 0.6) is 0 Å². The van der Waals surface area contributed by atoms with Crippen LogP contribution < -0.4 is 10.6 Å². The van der Waals surface area contributed by atoms with Crippen molar-refractivity contribution in [2.75, 3.05) is 13.1 Å². The smallest absolute Gasteiger partial charge is 0.220 e. The summed E-state index contributed by atoms with van der Waals surface area (Å²) >= 11 is 0. The Balaban J connectivity index is 1.45. The van der Waals surface area contributed by atoms with Crippen molar-refractivity contribution in [3.63, 3.8) is 0 Å². The molecular formula is C20H24N2O. The number of carbonyl (C=O) groups is 1. The third-order valence-electron chi connectivity index (χ3n) is 4.49. The Hall–Kier alpha value is -2.13. The van der Waals surface area contributed by atoms with Gasteiger partial charge in [0.2, 0.25) is 5.91 Å². The Morgan fingerprint density at radius 2 is 1.78 bits per heavy atom. The standard InChI is InChI=1S/C20H24N2O/c23-20(11-8-17-12-13-21-14-17)22-15-16-6-9-19(10-7-16)18-4-2-1-3-5-18/h1-7,9-10,17,21H,8,11-15H2,(H,22,23). The SMILES string of the molecule is O=C(CCC1CCNC1)NCc1ccc(-c2ccccc2)cc1. The van der Waals surface area contributed by atoms with Gasteiger partial charge in [0.15, 0.2) is 0 Å². The van der Waals surface area contributed by atoms with Crippen LogP contribution in [0.4, 0.5) is 0 Å². The molecule has 0 radical (unpaired) electrons. The Morgan fingerprint density at radius 3 is 2.48 bits per heavy atom. The average Bonchev–Trinajstić information content (AvgIpc) is 3.13. The van der Waals surface area contributed by atoms with Crippen LogP contribution in [0, 0.1) is 5.92 Å². The van der Waals surface area contributed by atoms with Gasteiger partial charge in [-0.25, -0.2) is 0 Å². The molecule has 23 heavy (non-hydrogen) atoms. The van der Waals surface area contributed by atoms with Crippen molar-refractivity contribution >= 4 is 5.91 Å². The number of amides is 1. The Labute approximate surface area is 138 Å². The van der Waals surface area contributed by atoms with Gasteiger partial charge in [-0.3, -0.25) is 4.79 Å². The predicted octanol–water partition coefficient (Wildman–Crippen LogP) is 3.36. The van der Waals surface area contributed by atoms with E-state index in [1.807, 2.05) is 18.2 Å². The molecule has 0 aliphatic carbocycles. The zero-order valence-electron chi connectivity index (χ0n) is 13.4. The molecule has 0 saturated carbocycles. The van der Waals surface area contributed by atoms with Gasteiger partial charge in [0.05, 0.1) is 0 Å². The molecule has 2 N–H and O–H groups in total. The molecule has 1 aliphatic rings. The highest BCUT2D eigenvalue weighted by Crippen LogP contribution is 2.19. The number of hydrogen-bond acceptors (Lipinski definition) is 2. The van der Waals surface area contributed by atoms with Crippen LogP contribution >= 0.6 is 0 Å². The lowest BCUT2D eigenvalue weighted by molar-refractivity contribution is -0.121. The summed E-state index contributed by atoms with van der Waals surface area (Å²) in [5.41, 5.74) is 3.56. The average molecular weight is 308 g/mol. The molecule has 1 atom stereocenters. The molecule has 120 valence electrons. The summed E-state index contributed by atoms with van der Waals surface area (Å²) in [6, 6.07) is 18.7. The molecule has 3 nitrogen and oxygen atoms in total. The molecule has 0 bridgehead atoms. The van der Waals surface area contributed by atoms with Crippen LogP contribution in [0.15, 0.2) is 54.6 Å². The molecule has 3 heteroatoms. The molecule has 1 heterocycles. The summed E-state index contributed by atoms with van der Waals surface area (Å²) in [5.74, 6) is 0.829. The summed E-state index contributed by atoms with van der Waals surface area (Å²) < 4.78 is 0. The first kappa shape index (κ1) is 15.8. The number of nitrogens with one attached hydrogen (secondary N) is 2. The summed E-state index contributed by atoms with van der Waals surface area (Å²) in [4.78, 5) is 11.9. The van der Waals surface area contributed by atoms with Crippen molar-refractivity contribution in [1.82, 2.24) is 10.6 Å². The zero-order chi connectivity index (χ0) is 15.9. The number of hydrogen-bond donors (Lipinski definition) is 2. The van der Waals surface area contributed by atoms with E-state index in [2.05, 4.69) is 47.0 Å². The van der Waals surface area contributed by atoms with Crippen molar-refractivity contribution in [2.45, 2.75) is 25.8 Å². The lowest BCUT2D eigenvalue weighted by atomic mass is 10.0. The number of benzene rings is 2. The fourth-order valence-electron chi connectivity index (χ4n) is 3.03. The summed E-state index contributed by atoms with van der Waals surface area (Å²) in [6.07, 6.45) is 2.83. The van der Waals surface area contributed by atoms with Crippen LogP contribution in [0.1, 0.15) is 24.8 Å². The Bertz CT molecular complexity index is 616. The monoisotopic (exact) mass is 308 g/mol. The van der Waals surface area contributed by atoms with Crippen molar-refractivity contribution < 1.29 is 4.79 Å². The molecule has 2 aromatic rings. The van der Waals surface area contributed by atoms with E-state index >= 15 is 0 Å². The van der Waals surface area contributed by atoms with E-state index in [1.54, 1.807) is 0 Å². The molecule has 0 aromatic heterocycles. The molecule has 3 rings (SSSR count). The lowest BCUT2D eigenvalue weighted by Gasteiger charge is -2.09. The van der Waals surface area contributed by atoms with E-state index < -0.39 is 0 Å². The van der Waals surface area contributed by atoms with Gasteiger partial charge in [0.1, 0.15) is 0 Å². The summed E-state index contributed by atoms with van der Waals surface area (Å²) in [5, 5.41) is 6.36. The third kappa shape index (κ3) is 4.67. The van der Waals surface area contributed by atoms with Crippen molar-refractivity contribution in [3.05, 3.63) is 60.2 Å². The largest absolute Gasteiger partial charge is 0.352 e. The predicted molar refractivity (Wildman–Crippen MR) is 93.9 cm³/mol. The third-order valence-corrected chi connectivity index (χ3v) is 4.49. The van der Waals surface area contributed by atoms with Gasteiger partial charge < -0.3 is 10.6 Å². The van der Waals surface area contributed by atoms with E-state index in [9.17, 15) is 4.79 Å². The fraction of sp³-hybridized carbons (Fsp3) is 0.350. The van der Waals surface area contributed by atoms with Crippen molar-refractivity contribution in [2.24, 2.45) is 5.92 Å². The van der Waals surface area contributed by atoms with Gasteiger partial charge >= 0.3 is 0 Å². The minimum Gasteiger partial charge on any atom is -0.352 e. The van der Waals surface area contributed by atoms with E-state index in [1.165, 1.54) is 17.5 Å². The first-order valence-corrected chi connectivity index (χ1v) is 8.43. The van der Waals surface area contributed by atoms with Crippen molar-refractivity contribution in [1.29, 1.82) is 0 Å². The Kier molecular flexibility index (Phi) is 5.43. The van der Waals surface area contributed by atoms with Gasteiger partial charge in [-0.1, -0.05) is 54.6 Å². The quantitative estimate of drug-likeness (QED) is 0.859. The molecule has 1 aliphatic heterocycles. The maximum absolute atomic E-state index is 11.9. The molecule has 1 unspecified atom stereocenters. The first-order valence-electron chi connectivity index (χ1n) is 8.43. The maximum atomic E-state index is 11.9. The van der Waals surface area contributed by atoms with Crippen LogP contribution in [0.2, 0.25) is 0 Å². The molecule has 2 aromatic carbocycles. The number of rotatable bonds is 6. The van der Waals surface area contributed by atoms with Gasteiger partial charge in [-0.15, -0.1) is 0 Å².